The number of fused-ring (bicyclic) bond motifs is 1. The Hall–Kier alpha value is -3.93. The minimum absolute atomic E-state index is 0.213. The molecule has 0 aliphatic carbocycles. The molecule has 30 heavy (non-hydrogen) atoms. The molecule has 0 saturated heterocycles. The molecule has 6 heteroatoms. The zero-order valence-corrected chi connectivity index (χ0v) is 16.6. The Balaban J connectivity index is 1.58. The maximum atomic E-state index is 12.9. The standard InChI is InChI=1S/C24H20N2O4/c1-3-30-19-11-9-18(10-12-19)26-23(28)20-13-6-16(14-21(20)24(26)29)22(27)25-17-7-4-15(2)5-8-17/h4-14H,3H2,1-2H3,(H,25,27). The summed E-state index contributed by atoms with van der Waals surface area (Å²) in [5, 5.41) is 2.80. The highest BCUT2D eigenvalue weighted by Crippen LogP contribution is 2.30. The molecule has 0 aromatic heterocycles. The van der Waals surface area contributed by atoms with Crippen molar-refractivity contribution in [2.45, 2.75) is 13.8 Å². The molecule has 3 aromatic rings. The average Bonchev–Trinajstić information content (AvgIpc) is 3.00. The highest BCUT2D eigenvalue weighted by atomic mass is 16.5. The molecule has 1 aliphatic heterocycles. The number of anilines is 2. The van der Waals surface area contributed by atoms with Crippen molar-refractivity contribution in [1.29, 1.82) is 0 Å². The third-order valence-corrected chi connectivity index (χ3v) is 4.86. The lowest BCUT2D eigenvalue weighted by Crippen LogP contribution is -2.29. The van der Waals surface area contributed by atoms with E-state index in [1.807, 2.05) is 38.1 Å². The first-order valence-corrected chi connectivity index (χ1v) is 9.61. The van der Waals surface area contributed by atoms with E-state index in [2.05, 4.69) is 5.32 Å². The van der Waals surface area contributed by atoms with Crippen LogP contribution in [0.25, 0.3) is 0 Å². The van der Waals surface area contributed by atoms with Gasteiger partial charge in [0.2, 0.25) is 0 Å². The van der Waals surface area contributed by atoms with Crippen LogP contribution in [0, 0.1) is 6.92 Å². The van der Waals surface area contributed by atoms with Crippen LogP contribution < -0.4 is 15.0 Å². The van der Waals surface area contributed by atoms with E-state index >= 15 is 0 Å². The van der Waals surface area contributed by atoms with Crippen molar-refractivity contribution in [2.24, 2.45) is 0 Å². The number of aryl methyl sites for hydroxylation is 1. The van der Waals surface area contributed by atoms with Gasteiger partial charge in [0.1, 0.15) is 5.75 Å². The van der Waals surface area contributed by atoms with Crippen molar-refractivity contribution in [3.8, 4) is 5.75 Å². The Morgan fingerprint density at radius 2 is 1.57 bits per heavy atom. The predicted molar refractivity (Wildman–Crippen MR) is 114 cm³/mol. The van der Waals surface area contributed by atoms with Crippen LogP contribution in [0.15, 0.2) is 66.7 Å². The van der Waals surface area contributed by atoms with Crippen molar-refractivity contribution in [3.05, 3.63) is 89.0 Å². The number of carbonyl (C=O) groups is 3. The molecule has 0 spiro atoms. The fraction of sp³-hybridized carbons (Fsp3) is 0.125. The van der Waals surface area contributed by atoms with Crippen molar-refractivity contribution in [2.75, 3.05) is 16.8 Å². The Bertz CT molecular complexity index is 1130. The lowest BCUT2D eigenvalue weighted by Gasteiger charge is -2.14. The van der Waals surface area contributed by atoms with Crippen LogP contribution in [0.2, 0.25) is 0 Å². The summed E-state index contributed by atoms with van der Waals surface area (Å²) in [6, 6.07) is 18.7. The number of carbonyl (C=O) groups excluding carboxylic acids is 3. The fourth-order valence-corrected chi connectivity index (χ4v) is 3.31. The van der Waals surface area contributed by atoms with Gasteiger partial charge in [-0.05, 0) is 68.4 Å². The minimum atomic E-state index is -0.454. The van der Waals surface area contributed by atoms with Crippen molar-refractivity contribution in [1.82, 2.24) is 0 Å². The second kappa shape index (κ2) is 7.83. The van der Waals surface area contributed by atoms with Gasteiger partial charge < -0.3 is 10.1 Å². The number of hydrogen-bond donors (Lipinski definition) is 1. The van der Waals surface area contributed by atoms with E-state index in [0.717, 1.165) is 10.5 Å². The number of nitrogens with one attached hydrogen (secondary N) is 1. The maximum Gasteiger partial charge on any atom is 0.266 e. The highest BCUT2D eigenvalue weighted by Gasteiger charge is 2.37. The zero-order chi connectivity index (χ0) is 21.3. The van der Waals surface area contributed by atoms with Crippen LogP contribution in [0.5, 0.6) is 5.75 Å². The molecule has 3 aromatic carbocycles. The fourth-order valence-electron chi connectivity index (χ4n) is 3.31. The summed E-state index contributed by atoms with van der Waals surface area (Å²) >= 11 is 0. The van der Waals surface area contributed by atoms with Gasteiger partial charge in [-0.1, -0.05) is 17.7 Å². The van der Waals surface area contributed by atoms with E-state index in [4.69, 9.17) is 4.74 Å². The van der Waals surface area contributed by atoms with E-state index < -0.39 is 11.8 Å². The minimum Gasteiger partial charge on any atom is -0.494 e. The number of hydrogen-bond acceptors (Lipinski definition) is 4. The molecule has 0 bridgehead atoms. The normalized spacial score (nSPS) is 12.7. The highest BCUT2D eigenvalue weighted by molar-refractivity contribution is 6.34. The average molecular weight is 400 g/mol. The molecule has 1 N–H and O–H groups in total. The number of nitrogens with zero attached hydrogens (tertiary/aromatic N) is 1. The van der Waals surface area contributed by atoms with Gasteiger partial charge in [0.15, 0.2) is 0 Å². The predicted octanol–water partition coefficient (Wildman–Crippen LogP) is 4.45. The number of benzene rings is 3. The first kappa shape index (κ1) is 19.4. The molecule has 0 atom stereocenters. The van der Waals surface area contributed by atoms with Gasteiger partial charge in [0.05, 0.1) is 23.4 Å². The summed E-state index contributed by atoms with van der Waals surface area (Å²) in [7, 11) is 0. The Kier molecular flexibility index (Phi) is 5.06. The van der Waals surface area contributed by atoms with Crippen molar-refractivity contribution < 1.29 is 19.1 Å². The molecular weight excluding hydrogens is 380 g/mol. The topological polar surface area (TPSA) is 75.7 Å². The molecule has 0 unspecified atom stereocenters. The molecule has 0 saturated carbocycles. The summed E-state index contributed by atoms with van der Waals surface area (Å²) < 4.78 is 5.40. The SMILES string of the molecule is CCOc1ccc(N2C(=O)c3ccc(C(=O)Nc4ccc(C)cc4)cc3C2=O)cc1. The Labute approximate surface area is 174 Å². The van der Waals surface area contributed by atoms with Crippen LogP contribution in [-0.4, -0.2) is 24.3 Å². The summed E-state index contributed by atoms with van der Waals surface area (Å²) in [6.07, 6.45) is 0. The van der Waals surface area contributed by atoms with E-state index in [1.165, 1.54) is 12.1 Å². The monoisotopic (exact) mass is 400 g/mol. The maximum absolute atomic E-state index is 12.9. The Morgan fingerprint density at radius 3 is 2.23 bits per heavy atom. The van der Waals surface area contributed by atoms with Crippen molar-refractivity contribution >= 4 is 29.1 Å². The first-order chi connectivity index (χ1) is 14.5. The zero-order valence-electron chi connectivity index (χ0n) is 16.6. The first-order valence-electron chi connectivity index (χ1n) is 9.61. The van der Waals surface area contributed by atoms with E-state index in [9.17, 15) is 14.4 Å². The van der Waals surface area contributed by atoms with E-state index in [-0.39, 0.29) is 17.0 Å². The van der Waals surface area contributed by atoms with Gasteiger partial charge in [0.25, 0.3) is 17.7 Å². The summed E-state index contributed by atoms with van der Waals surface area (Å²) in [5.41, 5.74) is 3.00. The van der Waals surface area contributed by atoms with Crippen LogP contribution >= 0.6 is 0 Å². The summed E-state index contributed by atoms with van der Waals surface area (Å²) in [4.78, 5) is 39.4. The third kappa shape index (κ3) is 3.55. The quantitative estimate of drug-likeness (QED) is 0.642. The van der Waals surface area contributed by atoms with Gasteiger partial charge >= 0.3 is 0 Å². The lowest BCUT2D eigenvalue weighted by molar-refractivity contribution is 0.0925. The van der Waals surface area contributed by atoms with Gasteiger partial charge in [-0.2, -0.15) is 0 Å². The molecule has 6 nitrogen and oxygen atoms in total. The molecule has 0 radical (unpaired) electrons. The molecule has 4 rings (SSSR count). The number of imide groups is 1. The van der Waals surface area contributed by atoms with Crippen LogP contribution in [-0.2, 0) is 0 Å². The van der Waals surface area contributed by atoms with Crippen LogP contribution in [0.4, 0.5) is 11.4 Å². The van der Waals surface area contributed by atoms with Gasteiger partial charge in [-0.3, -0.25) is 14.4 Å². The number of rotatable bonds is 5. The molecular formula is C24H20N2O4. The smallest absolute Gasteiger partial charge is 0.266 e. The second-order valence-corrected chi connectivity index (χ2v) is 6.95. The second-order valence-electron chi connectivity index (χ2n) is 6.95. The number of amides is 3. The molecule has 1 aliphatic rings. The van der Waals surface area contributed by atoms with E-state index in [1.54, 1.807) is 30.3 Å². The van der Waals surface area contributed by atoms with Gasteiger partial charge in [-0.15, -0.1) is 0 Å². The Morgan fingerprint density at radius 1 is 0.900 bits per heavy atom. The summed E-state index contributed by atoms with van der Waals surface area (Å²) in [6.45, 7) is 4.37. The largest absolute Gasteiger partial charge is 0.494 e. The lowest BCUT2D eigenvalue weighted by atomic mass is 10.1. The molecule has 3 amide bonds. The third-order valence-electron chi connectivity index (χ3n) is 4.86. The van der Waals surface area contributed by atoms with Crippen LogP contribution in [0.1, 0.15) is 43.6 Å². The van der Waals surface area contributed by atoms with Crippen LogP contribution in [0.3, 0.4) is 0 Å². The number of ether oxygens (including phenoxy) is 1. The molecule has 150 valence electrons. The molecule has 1 heterocycles. The summed E-state index contributed by atoms with van der Waals surface area (Å²) in [5.74, 6) is -0.553. The van der Waals surface area contributed by atoms with Gasteiger partial charge in [0, 0.05) is 11.3 Å². The van der Waals surface area contributed by atoms with E-state index in [0.29, 0.717) is 29.3 Å². The van der Waals surface area contributed by atoms with Gasteiger partial charge in [-0.25, -0.2) is 4.90 Å². The van der Waals surface area contributed by atoms with Crippen molar-refractivity contribution in [3.63, 3.8) is 0 Å². The molecule has 0 fully saturated rings.